The maximum Gasteiger partial charge on any atom is 0.263 e. The first-order chi connectivity index (χ1) is 15.9. The van der Waals surface area contributed by atoms with Gasteiger partial charge in [-0.25, -0.2) is 0 Å². The van der Waals surface area contributed by atoms with Crippen molar-refractivity contribution in [2.75, 3.05) is 24.9 Å². The summed E-state index contributed by atoms with van der Waals surface area (Å²) in [5.41, 5.74) is 2.81. The van der Waals surface area contributed by atoms with Crippen molar-refractivity contribution in [1.29, 1.82) is 0 Å². The summed E-state index contributed by atoms with van der Waals surface area (Å²) >= 11 is 1.46. The van der Waals surface area contributed by atoms with Crippen LogP contribution in [0.5, 0.6) is 11.5 Å². The number of hydrogen-bond donors (Lipinski definition) is 2. The molecule has 0 heterocycles. The molecule has 0 bridgehead atoms. The summed E-state index contributed by atoms with van der Waals surface area (Å²) < 4.78 is 10.7. The number of ether oxygens (including phenoxy) is 2. The average Bonchev–Trinajstić information content (AvgIpc) is 2.82. The molecule has 0 fully saturated rings. The second-order valence-corrected chi connectivity index (χ2v) is 8.67. The van der Waals surface area contributed by atoms with Crippen LogP contribution in [0.3, 0.4) is 0 Å². The molecule has 0 aliphatic rings. The normalized spacial score (nSPS) is 11.4. The van der Waals surface area contributed by atoms with Crippen LogP contribution in [0.2, 0.25) is 0 Å². The second kappa shape index (κ2) is 11.4. The lowest BCUT2D eigenvalue weighted by Crippen LogP contribution is -2.24. The molecule has 0 saturated carbocycles. The van der Waals surface area contributed by atoms with Crippen molar-refractivity contribution in [3.8, 4) is 11.5 Å². The molecule has 2 N–H and O–H groups in total. The van der Waals surface area contributed by atoms with E-state index in [9.17, 15) is 9.59 Å². The van der Waals surface area contributed by atoms with Crippen LogP contribution >= 0.6 is 11.8 Å². The lowest BCUT2D eigenvalue weighted by atomic mass is 10.1. The molecule has 0 radical (unpaired) electrons. The number of hydrogen-bond acceptors (Lipinski definition) is 5. The Hall–Kier alpha value is -3.45. The predicted octanol–water partition coefficient (Wildman–Crippen LogP) is 5.77. The van der Waals surface area contributed by atoms with Gasteiger partial charge in [0.15, 0.2) is 0 Å². The highest BCUT2D eigenvalue weighted by Crippen LogP contribution is 2.31. The second-order valence-electron chi connectivity index (χ2n) is 7.39. The van der Waals surface area contributed by atoms with Gasteiger partial charge in [-0.2, -0.15) is 0 Å². The summed E-state index contributed by atoms with van der Waals surface area (Å²) in [5, 5.41) is 5.62. The van der Waals surface area contributed by atoms with Crippen LogP contribution in [0, 0.1) is 6.92 Å². The van der Waals surface area contributed by atoms with Crippen molar-refractivity contribution in [2.45, 2.75) is 30.4 Å². The molecule has 1 atom stereocenters. The SMILES string of the molecule is CCC(Sc1cccc(NC(=O)c2c(OC)cccc2OC)c1)C(=O)Nc1cccc(C)c1. The van der Waals surface area contributed by atoms with Crippen LogP contribution in [0.4, 0.5) is 11.4 Å². The van der Waals surface area contributed by atoms with Crippen molar-refractivity contribution in [3.63, 3.8) is 0 Å². The molecule has 3 rings (SSSR count). The Morgan fingerprint density at radius 1 is 0.879 bits per heavy atom. The van der Waals surface area contributed by atoms with Crippen LogP contribution < -0.4 is 20.1 Å². The molecular weight excluding hydrogens is 436 g/mol. The lowest BCUT2D eigenvalue weighted by molar-refractivity contribution is -0.115. The van der Waals surface area contributed by atoms with Gasteiger partial charge < -0.3 is 20.1 Å². The Balaban J connectivity index is 1.73. The summed E-state index contributed by atoms with van der Waals surface area (Å²) in [4.78, 5) is 26.7. The minimum absolute atomic E-state index is 0.0544. The van der Waals surface area contributed by atoms with Crippen LogP contribution in [-0.4, -0.2) is 31.3 Å². The molecule has 1 unspecified atom stereocenters. The number of amides is 2. The smallest absolute Gasteiger partial charge is 0.263 e. The number of methoxy groups -OCH3 is 2. The lowest BCUT2D eigenvalue weighted by Gasteiger charge is -2.16. The molecule has 3 aromatic rings. The van der Waals surface area contributed by atoms with Crippen molar-refractivity contribution in [3.05, 3.63) is 77.9 Å². The highest BCUT2D eigenvalue weighted by Gasteiger charge is 2.20. The number of nitrogens with one attached hydrogen (secondary N) is 2. The van der Waals surface area contributed by atoms with Crippen molar-refractivity contribution >= 4 is 35.0 Å². The van der Waals surface area contributed by atoms with E-state index in [-0.39, 0.29) is 17.1 Å². The van der Waals surface area contributed by atoms with E-state index in [4.69, 9.17) is 9.47 Å². The molecule has 6 nitrogen and oxygen atoms in total. The number of rotatable bonds is 9. The monoisotopic (exact) mass is 464 g/mol. The van der Waals surface area contributed by atoms with Gasteiger partial charge >= 0.3 is 0 Å². The minimum atomic E-state index is -0.337. The fourth-order valence-electron chi connectivity index (χ4n) is 3.35. The maximum atomic E-state index is 13.0. The molecule has 7 heteroatoms. The Bertz CT molecular complexity index is 1110. The molecule has 172 valence electrons. The van der Waals surface area contributed by atoms with Gasteiger partial charge in [-0.3, -0.25) is 9.59 Å². The molecular formula is C26H28N2O4S. The van der Waals surface area contributed by atoms with E-state index in [0.717, 1.165) is 16.1 Å². The van der Waals surface area contributed by atoms with E-state index in [1.165, 1.54) is 26.0 Å². The fraction of sp³-hybridized carbons (Fsp3) is 0.231. The van der Waals surface area contributed by atoms with E-state index in [2.05, 4.69) is 10.6 Å². The first kappa shape index (κ1) is 24.2. The number of aryl methyl sites for hydroxylation is 1. The van der Waals surface area contributed by atoms with E-state index in [0.29, 0.717) is 29.2 Å². The summed E-state index contributed by atoms with van der Waals surface area (Å²) in [6, 6.07) is 20.3. The molecule has 2 amide bonds. The van der Waals surface area contributed by atoms with Gasteiger partial charge in [-0.15, -0.1) is 11.8 Å². The van der Waals surface area contributed by atoms with E-state index in [1.807, 2.05) is 56.3 Å². The topological polar surface area (TPSA) is 76.7 Å². The molecule has 33 heavy (non-hydrogen) atoms. The zero-order valence-corrected chi connectivity index (χ0v) is 20.0. The maximum absolute atomic E-state index is 13.0. The van der Waals surface area contributed by atoms with E-state index < -0.39 is 0 Å². The minimum Gasteiger partial charge on any atom is -0.496 e. The molecule has 0 aliphatic heterocycles. The van der Waals surface area contributed by atoms with Crippen LogP contribution in [0.25, 0.3) is 0 Å². The number of carbonyl (C=O) groups is 2. The van der Waals surface area contributed by atoms with Gasteiger partial charge in [0, 0.05) is 16.3 Å². The zero-order valence-electron chi connectivity index (χ0n) is 19.2. The highest BCUT2D eigenvalue weighted by atomic mass is 32.2. The molecule has 0 aliphatic carbocycles. The third-order valence-corrected chi connectivity index (χ3v) is 6.33. The van der Waals surface area contributed by atoms with Crippen molar-refractivity contribution in [1.82, 2.24) is 0 Å². The number of benzene rings is 3. The Kier molecular flexibility index (Phi) is 8.38. The fourth-order valence-corrected chi connectivity index (χ4v) is 4.36. The van der Waals surface area contributed by atoms with Gasteiger partial charge in [-0.05, 0) is 61.4 Å². The van der Waals surface area contributed by atoms with Crippen LogP contribution in [0.1, 0.15) is 29.3 Å². The summed E-state index contributed by atoms with van der Waals surface area (Å²) in [6.45, 7) is 3.97. The molecule has 0 saturated heterocycles. The Morgan fingerprint density at radius 3 is 2.09 bits per heavy atom. The number of anilines is 2. The Morgan fingerprint density at radius 2 is 1.48 bits per heavy atom. The quantitative estimate of drug-likeness (QED) is 0.393. The van der Waals surface area contributed by atoms with Crippen LogP contribution in [-0.2, 0) is 4.79 Å². The largest absolute Gasteiger partial charge is 0.496 e. The molecule has 0 spiro atoms. The van der Waals surface area contributed by atoms with Crippen LogP contribution in [0.15, 0.2) is 71.6 Å². The van der Waals surface area contributed by atoms with E-state index in [1.54, 1.807) is 24.3 Å². The van der Waals surface area contributed by atoms with Gasteiger partial charge in [0.1, 0.15) is 17.1 Å². The van der Waals surface area contributed by atoms with Crippen molar-refractivity contribution in [2.24, 2.45) is 0 Å². The third kappa shape index (κ3) is 6.29. The first-order valence-electron chi connectivity index (χ1n) is 10.6. The average molecular weight is 465 g/mol. The molecule has 0 aromatic heterocycles. The Labute approximate surface area is 198 Å². The van der Waals surface area contributed by atoms with Crippen molar-refractivity contribution < 1.29 is 19.1 Å². The summed E-state index contributed by atoms with van der Waals surface area (Å²) in [7, 11) is 3.02. The summed E-state index contributed by atoms with van der Waals surface area (Å²) in [5.74, 6) is 0.462. The standard InChI is InChI=1S/C26H28N2O4S/c1-5-23(25(29)27-18-10-6-9-17(2)15-18)33-20-12-7-11-19(16-20)28-26(30)24-21(31-3)13-8-14-22(24)32-4/h6-16,23H,5H2,1-4H3,(H,27,29)(H,28,30). The first-order valence-corrected chi connectivity index (χ1v) is 11.5. The summed E-state index contributed by atoms with van der Waals surface area (Å²) in [6.07, 6.45) is 0.664. The van der Waals surface area contributed by atoms with E-state index >= 15 is 0 Å². The number of carbonyl (C=O) groups excluding carboxylic acids is 2. The van der Waals surface area contributed by atoms with Gasteiger partial charge in [0.25, 0.3) is 5.91 Å². The van der Waals surface area contributed by atoms with Gasteiger partial charge in [0.2, 0.25) is 5.91 Å². The van der Waals surface area contributed by atoms with Gasteiger partial charge in [0.05, 0.1) is 19.5 Å². The number of thioether (sulfide) groups is 1. The zero-order chi connectivity index (χ0) is 23.8. The van der Waals surface area contributed by atoms with Gasteiger partial charge in [-0.1, -0.05) is 31.2 Å². The molecule has 3 aromatic carbocycles. The third-order valence-electron chi connectivity index (χ3n) is 4.97. The highest BCUT2D eigenvalue weighted by molar-refractivity contribution is 8.00. The predicted molar refractivity (Wildman–Crippen MR) is 134 cm³/mol.